The highest BCUT2D eigenvalue weighted by atomic mass is 15.2. The summed E-state index contributed by atoms with van der Waals surface area (Å²) in [6.07, 6.45) is 0. The second-order valence-corrected chi connectivity index (χ2v) is 24.8. The standard InChI is InChI=1S/C80H74N2/c1-55-31-49-69-71-54-76(82(67-45-37-63(38-46-67)79(7,8)59-27-19-13-20-28-59)68-47-39-64(40-48-68)80(9,10)60-29-21-14-22-30-60)74-52-56(2)32-50-70(74)72(71)53-75(73(69)51-55)81(65-41-33-61(34-42-65)77(3,4)57-23-15-11-16-24-57)66-43-35-62(36-44-66)78(5,6)58-25-17-12-18-26-58/h11-54H,1-10H3. The molecule has 0 atom stereocenters. The first-order chi connectivity index (χ1) is 39.5. The minimum Gasteiger partial charge on any atom is -0.310 e. The average molecular weight is 1060 g/mol. The molecule has 2 heteroatoms. The lowest BCUT2D eigenvalue weighted by Crippen LogP contribution is -2.20. The van der Waals surface area contributed by atoms with Crippen molar-refractivity contribution in [3.8, 4) is 0 Å². The van der Waals surface area contributed by atoms with Crippen molar-refractivity contribution in [2.75, 3.05) is 9.80 Å². The van der Waals surface area contributed by atoms with Crippen LogP contribution in [0.4, 0.5) is 34.1 Å². The molecule has 0 N–H and O–H groups in total. The summed E-state index contributed by atoms with van der Waals surface area (Å²) in [6.45, 7) is 23.1. The van der Waals surface area contributed by atoms with E-state index in [1.807, 2.05) is 0 Å². The van der Waals surface area contributed by atoms with Gasteiger partial charge in [0.15, 0.2) is 0 Å². The van der Waals surface area contributed by atoms with E-state index in [2.05, 4.69) is 346 Å². The number of fused-ring (bicyclic) bond motifs is 5. The number of hydrogen-bond donors (Lipinski definition) is 0. The van der Waals surface area contributed by atoms with E-state index >= 15 is 0 Å². The lowest BCUT2D eigenvalue weighted by atomic mass is 9.78. The number of hydrogen-bond acceptors (Lipinski definition) is 2. The average Bonchev–Trinajstić information content (AvgIpc) is 2.49. The molecule has 0 saturated heterocycles. The van der Waals surface area contributed by atoms with Gasteiger partial charge in [0, 0.05) is 55.2 Å². The van der Waals surface area contributed by atoms with Crippen LogP contribution in [0.1, 0.15) is 111 Å². The molecule has 0 fully saturated rings. The molecule has 2 nitrogen and oxygen atoms in total. The first-order valence-corrected chi connectivity index (χ1v) is 29.2. The van der Waals surface area contributed by atoms with Crippen molar-refractivity contribution in [2.45, 2.75) is 90.9 Å². The Kier molecular flexibility index (Phi) is 13.8. The van der Waals surface area contributed by atoms with Crippen LogP contribution < -0.4 is 9.80 Å². The maximum Gasteiger partial charge on any atom is 0.0546 e. The third kappa shape index (κ3) is 9.75. The summed E-state index contributed by atoms with van der Waals surface area (Å²) < 4.78 is 0. The Morgan fingerprint density at radius 1 is 0.207 bits per heavy atom. The van der Waals surface area contributed by atoms with Gasteiger partial charge in [0.05, 0.1) is 11.4 Å². The molecule has 0 saturated carbocycles. The van der Waals surface area contributed by atoms with Gasteiger partial charge in [-0.25, -0.2) is 0 Å². The second kappa shape index (κ2) is 21.2. The van der Waals surface area contributed by atoms with Gasteiger partial charge in [-0.2, -0.15) is 0 Å². The van der Waals surface area contributed by atoms with E-state index in [9.17, 15) is 0 Å². The topological polar surface area (TPSA) is 6.48 Å². The molecule has 0 bridgehead atoms. The van der Waals surface area contributed by atoms with Gasteiger partial charge in [-0.1, -0.05) is 261 Å². The normalized spacial score (nSPS) is 12.3. The third-order valence-electron chi connectivity index (χ3n) is 18.2. The van der Waals surface area contributed by atoms with E-state index in [0.717, 1.165) is 34.1 Å². The Balaban J connectivity index is 1.07. The van der Waals surface area contributed by atoms with E-state index in [-0.39, 0.29) is 21.7 Å². The fourth-order valence-electron chi connectivity index (χ4n) is 12.7. The molecule has 0 spiro atoms. The van der Waals surface area contributed by atoms with Gasteiger partial charge < -0.3 is 9.80 Å². The molecule has 0 amide bonds. The maximum atomic E-state index is 2.50. The highest BCUT2D eigenvalue weighted by Gasteiger charge is 2.29. The van der Waals surface area contributed by atoms with Crippen molar-refractivity contribution in [3.05, 3.63) is 323 Å². The molecule has 0 unspecified atom stereocenters. The second-order valence-electron chi connectivity index (χ2n) is 24.8. The van der Waals surface area contributed by atoms with E-state index in [4.69, 9.17) is 0 Å². The number of aryl methyl sites for hydroxylation is 2. The number of nitrogens with zero attached hydrogens (tertiary/aromatic N) is 2. The lowest BCUT2D eigenvalue weighted by Gasteiger charge is -2.32. The van der Waals surface area contributed by atoms with Crippen LogP contribution in [0.2, 0.25) is 0 Å². The zero-order chi connectivity index (χ0) is 57.0. The summed E-state index contributed by atoms with van der Waals surface area (Å²) in [5, 5.41) is 7.21. The van der Waals surface area contributed by atoms with Crippen LogP contribution in [-0.2, 0) is 21.7 Å². The first kappa shape index (κ1) is 53.7. The zero-order valence-electron chi connectivity index (χ0n) is 49.3. The zero-order valence-corrected chi connectivity index (χ0v) is 49.3. The predicted molar refractivity (Wildman–Crippen MR) is 352 cm³/mol. The molecule has 82 heavy (non-hydrogen) atoms. The SMILES string of the molecule is Cc1ccc2c(c1)c(N(c1ccc(C(C)(C)c3ccccc3)cc1)c1ccc(C(C)(C)c3ccccc3)cc1)cc1c3ccc(C)cc3c(N(c3ccc(C(C)(C)c4ccccc4)cc3)c3ccc(C(C)(C)c4ccccc4)cc3)cc21. The van der Waals surface area contributed by atoms with Gasteiger partial charge in [-0.3, -0.25) is 0 Å². The molecule has 0 aliphatic heterocycles. The smallest absolute Gasteiger partial charge is 0.0546 e. The number of anilines is 6. The monoisotopic (exact) mass is 1060 g/mol. The first-order valence-electron chi connectivity index (χ1n) is 29.2. The minimum absolute atomic E-state index is 0.188. The van der Waals surface area contributed by atoms with Gasteiger partial charge in [0.2, 0.25) is 0 Å². The van der Waals surface area contributed by atoms with Crippen molar-refractivity contribution >= 4 is 66.4 Å². The van der Waals surface area contributed by atoms with Gasteiger partial charge in [0.1, 0.15) is 0 Å². The quantitative estimate of drug-likeness (QED) is 0.100. The number of benzene rings is 12. The van der Waals surface area contributed by atoms with Gasteiger partial charge in [-0.15, -0.1) is 0 Å². The van der Waals surface area contributed by atoms with Gasteiger partial charge in [-0.05, 0) is 153 Å². The summed E-state index contributed by atoms with van der Waals surface area (Å²) in [5.74, 6) is 0. The van der Waals surface area contributed by atoms with Crippen molar-refractivity contribution < 1.29 is 0 Å². The molecule has 12 aromatic rings. The summed E-state index contributed by atoms with van der Waals surface area (Å²) in [5.41, 5.74) is 18.6. The molecule has 12 aromatic carbocycles. The van der Waals surface area contributed by atoms with Crippen molar-refractivity contribution in [3.63, 3.8) is 0 Å². The molecule has 12 rings (SSSR count). The molecule has 0 aliphatic rings. The van der Waals surface area contributed by atoms with Gasteiger partial charge in [0.25, 0.3) is 0 Å². The number of rotatable bonds is 14. The Morgan fingerprint density at radius 3 is 0.659 bits per heavy atom. The fraction of sp³-hybridized carbons (Fsp3) is 0.175. The Bertz CT molecular complexity index is 3750. The lowest BCUT2D eigenvalue weighted by molar-refractivity contribution is 0.640. The maximum absolute atomic E-state index is 2.50. The fourth-order valence-corrected chi connectivity index (χ4v) is 12.7. The molecule has 0 radical (unpaired) electrons. The summed E-state index contributed by atoms with van der Waals surface area (Å²) >= 11 is 0. The van der Waals surface area contributed by atoms with E-state index in [1.165, 1.54) is 88.0 Å². The summed E-state index contributed by atoms with van der Waals surface area (Å²) in [6, 6.07) is 99.8. The van der Waals surface area contributed by atoms with Crippen molar-refractivity contribution in [1.82, 2.24) is 0 Å². The summed E-state index contributed by atoms with van der Waals surface area (Å²) in [7, 11) is 0. The van der Waals surface area contributed by atoms with E-state index < -0.39 is 0 Å². The van der Waals surface area contributed by atoms with E-state index in [1.54, 1.807) is 0 Å². The van der Waals surface area contributed by atoms with Crippen LogP contribution in [0.15, 0.2) is 267 Å². The van der Waals surface area contributed by atoms with Crippen LogP contribution >= 0.6 is 0 Å². The third-order valence-corrected chi connectivity index (χ3v) is 18.2. The molecule has 404 valence electrons. The predicted octanol–water partition coefficient (Wildman–Crippen LogP) is 22.0. The van der Waals surface area contributed by atoms with Gasteiger partial charge >= 0.3 is 0 Å². The minimum atomic E-state index is -0.188. The Labute approximate surface area is 487 Å². The molecule has 0 heterocycles. The molecule has 0 aromatic heterocycles. The van der Waals surface area contributed by atoms with Crippen LogP contribution in [-0.4, -0.2) is 0 Å². The highest BCUT2D eigenvalue weighted by molar-refractivity contribution is 6.24. The van der Waals surface area contributed by atoms with Crippen LogP contribution in [0, 0.1) is 13.8 Å². The molecular weight excluding hydrogens is 989 g/mol. The van der Waals surface area contributed by atoms with Crippen molar-refractivity contribution in [2.24, 2.45) is 0 Å². The van der Waals surface area contributed by atoms with Crippen molar-refractivity contribution in [1.29, 1.82) is 0 Å². The van der Waals surface area contributed by atoms with Crippen LogP contribution in [0.5, 0.6) is 0 Å². The highest BCUT2D eigenvalue weighted by Crippen LogP contribution is 2.50. The largest absolute Gasteiger partial charge is 0.310 e. The van der Waals surface area contributed by atoms with E-state index in [0.29, 0.717) is 0 Å². The van der Waals surface area contributed by atoms with Crippen LogP contribution in [0.25, 0.3) is 32.3 Å². The summed E-state index contributed by atoms with van der Waals surface area (Å²) in [4.78, 5) is 4.99. The molecule has 0 aliphatic carbocycles. The molecular formula is C80H74N2. The van der Waals surface area contributed by atoms with Crippen LogP contribution in [0.3, 0.4) is 0 Å². The Morgan fingerprint density at radius 2 is 0.427 bits per heavy atom. The Hall–Kier alpha value is -8.98.